The van der Waals surface area contributed by atoms with Crippen molar-refractivity contribution in [3.8, 4) is 11.3 Å². The van der Waals surface area contributed by atoms with Gasteiger partial charge in [-0.15, -0.1) is 12.4 Å². The van der Waals surface area contributed by atoms with Crippen molar-refractivity contribution in [1.82, 2.24) is 9.29 Å². The molecule has 1 aromatic heterocycles. The molecule has 0 amide bonds. The van der Waals surface area contributed by atoms with Crippen LogP contribution in [-0.2, 0) is 10.0 Å². The van der Waals surface area contributed by atoms with Crippen molar-refractivity contribution in [3.05, 3.63) is 36.4 Å². The van der Waals surface area contributed by atoms with E-state index in [-0.39, 0.29) is 17.8 Å². The lowest BCUT2D eigenvalue weighted by molar-refractivity contribution is 0.349. The summed E-state index contributed by atoms with van der Waals surface area (Å²) in [5, 5.41) is 0. The number of nitrogens with zero attached hydrogens (tertiary/aromatic N) is 2. The summed E-state index contributed by atoms with van der Waals surface area (Å²) in [5.74, 6) is 0.579. The Kier molecular flexibility index (Phi) is 5.39. The molecule has 1 atom stereocenters. The predicted molar refractivity (Wildman–Crippen MR) is 94.5 cm³/mol. The summed E-state index contributed by atoms with van der Waals surface area (Å²) in [6, 6.07) is 6.74. The van der Waals surface area contributed by atoms with Crippen LogP contribution in [0.25, 0.3) is 11.3 Å². The van der Waals surface area contributed by atoms with Gasteiger partial charge in [-0.1, -0.05) is 19.1 Å². The van der Waals surface area contributed by atoms with Crippen molar-refractivity contribution < 1.29 is 12.8 Å². The maximum atomic E-state index is 12.7. The molecular weight excluding hydrogens is 350 g/mol. The molecule has 132 valence electrons. The average molecular weight is 372 g/mol. The van der Waals surface area contributed by atoms with E-state index in [9.17, 15) is 8.42 Å². The fraction of sp³-hybridized carbons (Fsp3) is 0.438. The first-order chi connectivity index (χ1) is 10.8. The maximum absolute atomic E-state index is 12.7. The smallest absolute Gasteiger partial charge is 0.243 e. The molecule has 0 spiro atoms. The molecule has 6 nitrogen and oxygen atoms in total. The molecule has 1 fully saturated rings. The van der Waals surface area contributed by atoms with Gasteiger partial charge in [-0.3, -0.25) is 0 Å². The van der Waals surface area contributed by atoms with Crippen LogP contribution in [0.2, 0.25) is 0 Å². The molecule has 0 saturated carbocycles. The SMILES string of the molecule is Cc1nc(-c2ccc(S(=O)(=O)N3CCC(C)(CN)C3)cc2)co1.Cl. The Bertz CT molecular complexity index is 804. The molecule has 24 heavy (non-hydrogen) atoms. The van der Waals surface area contributed by atoms with Gasteiger partial charge in [0.25, 0.3) is 0 Å². The van der Waals surface area contributed by atoms with Crippen molar-refractivity contribution >= 4 is 22.4 Å². The van der Waals surface area contributed by atoms with Crippen LogP contribution >= 0.6 is 12.4 Å². The Morgan fingerprint density at radius 1 is 1.33 bits per heavy atom. The zero-order chi connectivity index (χ0) is 16.7. The Morgan fingerprint density at radius 2 is 2.00 bits per heavy atom. The second kappa shape index (κ2) is 6.84. The lowest BCUT2D eigenvalue weighted by Crippen LogP contribution is -2.34. The maximum Gasteiger partial charge on any atom is 0.243 e. The van der Waals surface area contributed by atoms with Gasteiger partial charge < -0.3 is 10.2 Å². The van der Waals surface area contributed by atoms with E-state index in [0.717, 1.165) is 12.0 Å². The molecule has 0 bridgehead atoms. The van der Waals surface area contributed by atoms with Crippen LogP contribution in [0.15, 0.2) is 39.8 Å². The number of halogens is 1. The first-order valence-electron chi connectivity index (χ1n) is 7.57. The zero-order valence-electron chi connectivity index (χ0n) is 13.7. The summed E-state index contributed by atoms with van der Waals surface area (Å²) in [7, 11) is -3.48. The van der Waals surface area contributed by atoms with Gasteiger partial charge in [-0.25, -0.2) is 13.4 Å². The van der Waals surface area contributed by atoms with E-state index in [2.05, 4.69) is 4.98 Å². The van der Waals surface area contributed by atoms with Gasteiger partial charge in [0.2, 0.25) is 10.0 Å². The molecule has 2 aromatic rings. The number of benzene rings is 1. The highest BCUT2D eigenvalue weighted by molar-refractivity contribution is 7.89. The van der Waals surface area contributed by atoms with Crippen molar-refractivity contribution in [2.45, 2.75) is 25.2 Å². The third-order valence-electron chi connectivity index (χ3n) is 4.42. The molecule has 1 aliphatic heterocycles. The van der Waals surface area contributed by atoms with Crippen LogP contribution < -0.4 is 5.73 Å². The lowest BCUT2D eigenvalue weighted by Gasteiger charge is -2.22. The third kappa shape index (κ3) is 3.49. The molecule has 1 aromatic carbocycles. The van der Waals surface area contributed by atoms with E-state index in [0.29, 0.717) is 36.1 Å². The molecule has 3 rings (SSSR count). The molecule has 0 aliphatic carbocycles. The standard InChI is InChI=1S/C16H21N3O3S.ClH/c1-12-18-15(9-22-12)13-3-5-14(6-4-13)23(20,21)19-8-7-16(2,10-17)11-19;/h3-6,9H,7-8,10-11,17H2,1-2H3;1H. The minimum atomic E-state index is -3.48. The van der Waals surface area contributed by atoms with Gasteiger partial charge in [0, 0.05) is 25.6 Å². The molecule has 2 heterocycles. The van der Waals surface area contributed by atoms with E-state index < -0.39 is 10.0 Å². The Balaban J connectivity index is 0.00000208. The van der Waals surface area contributed by atoms with Gasteiger partial charge in [0.15, 0.2) is 5.89 Å². The molecule has 2 N–H and O–H groups in total. The number of hydrogen-bond acceptors (Lipinski definition) is 5. The van der Waals surface area contributed by atoms with Crippen molar-refractivity contribution in [3.63, 3.8) is 0 Å². The van der Waals surface area contributed by atoms with E-state index in [1.165, 1.54) is 4.31 Å². The second-order valence-electron chi connectivity index (χ2n) is 6.38. The van der Waals surface area contributed by atoms with Crippen LogP contribution in [0.5, 0.6) is 0 Å². The van der Waals surface area contributed by atoms with E-state index in [1.54, 1.807) is 37.5 Å². The van der Waals surface area contributed by atoms with Gasteiger partial charge >= 0.3 is 0 Å². The number of nitrogens with two attached hydrogens (primary N) is 1. The fourth-order valence-corrected chi connectivity index (χ4v) is 4.38. The summed E-state index contributed by atoms with van der Waals surface area (Å²) < 4.78 is 32.2. The van der Waals surface area contributed by atoms with Crippen LogP contribution in [0, 0.1) is 12.3 Å². The topological polar surface area (TPSA) is 89.4 Å². The normalized spacial score (nSPS) is 21.6. The van der Waals surface area contributed by atoms with Crippen molar-refractivity contribution in [1.29, 1.82) is 0 Å². The van der Waals surface area contributed by atoms with E-state index in [1.807, 2.05) is 6.92 Å². The van der Waals surface area contributed by atoms with Crippen LogP contribution in [0.4, 0.5) is 0 Å². The van der Waals surface area contributed by atoms with Crippen molar-refractivity contribution in [2.75, 3.05) is 19.6 Å². The summed E-state index contributed by atoms with van der Waals surface area (Å²) in [4.78, 5) is 4.53. The largest absolute Gasteiger partial charge is 0.449 e. The highest BCUT2D eigenvalue weighted by Crippen LogP contribution is 2.33. The number of hydrogen-bond donors (Lipinski definition) is 1. The summed E-state index contributed by atoms with van der Waals surface area (Å²) >= 11 is 0. The first kappa shape index (κ1) is 18.9. The molecule has 0 radical (unpaired) electrons. The van der Waals surface area contributed by atoms with Gasteiger partial charge in [0.1, 0.15) is 12.0 Å². The lowest BCUT2D eigenvalue weighted by atomic mass is 9.90. The predicted octanol–water partition coefficient (Wildman–Crippen LogP) is 2.43. The van der Waals surface area contributed by atoms with E-state index >= 15 is 0 Å². The minimum absolute atomic E-state index is 0. The Labute approximate surface area is 148 Å². The Hall–Kier alpha value is -1.41. The van der Waals surface area contributed by atoms with Gasteiger partial charge in [0.05, 0.1) is 4.90 Å². The number of aromatic nitrogens is 1. The zero-order valence-corrected chi connectivity index (χ0v) is 15.4. The fourth-order valence-electron chi connectivity index (χ4n) is 2.79. The summed E-state index contributed by atoms with van der Waals surface area (Å²) in [5.41, 5.74) is 7.15. The van der Waals surface area contributed by atoms with Gasteiger partial charge in [-0.2, -0.15) is 4.31 Å². The molecule has 8 heteroatoms. The highest BCUT2D eigenvalue weighted by Gasteiger charge is 2.38. The van der Waals surface area contributed by atoms with Crippen molar-refractivity contribution in [2.24, 2.45) is 11.1 Å². The molecule has 1 unspecified atom stereocenters. The average Bonchev–Trinajstić information content (AvgIpc) is 3.15. The first-order valence-corrected chi connectivity index (χ1v) is 9.01. The van der Waals surface area contributed by atoms with Crippen LogP contribution in [0.1, 0.15) is 19.2 Å². The molecule has 1 aliphatic rings. The number of sulfonamides is 1. The quantitative estimate of drug-likeness (QED) is 0.891. The van der Waals surface area contributed by atoms with Gasteiger partial charge in [-0.05, 0) is 30.5 Å². The monoisotopic (exact) mass is 371 g/mol. The highest BCUT2D eigenvalue weighted by atomic mass is 35.5. The van der Waals surface area contributed by atoms with E-state index in [4.69, 9.17) is 10.2 Å². The molecular formula is C16H22ClN3O3S. The third-order valence-corrected chi connectivity index (χ3v) is 6.28. The number of rotatable bonds is 4. The second-order valence-corrected chi connectivity index (χ2v) is 8.32. The molecule has 1 saturated heterocycles. The number of aryl methyl sites for hydroxylation is 1. The minimum Gasteiger partial charge on any atom is -0.449 e. The summed E-state index contributed by atoms with van der Waals surface area (Å²) in [6.45, 7) is 5.27. The Morgan fingerprint density at radius 3 is 2.50 bits per heavy atom. The van der Waals surface area contributed by atoms with Crippen LogP contribution in [0.3, 0.4) is 0 Å². The summed E-state index contributed by atoms with van der Waals surface area (Å²) in [6.07, 6.45) is 2.35. The number of oxazole rings is 1. The van der Waals surface area contributed by atoms with Crippen LogP contribution in [-0.4, -0.2) is 37.3 Å².